The van der Waals surface area contributed by atoms with Crippen molar-refractivity contribution in [3.63, 3.8) is 0 Å². The van der Waals surface area contributed by atoms with Gasteiger partial charge in [-0.05, 0) is 47.6 Å². The van der Waals surface area contributed by atoms with E-state index in [1.54, 1.807) is 21.3 Å². The predicted octanol–water partition coefficient (Wildman–Crippen LogP) is 2.10. The minimum atomic E-state index is 0.131. The van der Waals surface area contributed by atoms with Crippen LogP contribution in [0.4, 0.5) is 11.8 Å². The summed E-state index contributed by atoms with van der Waals surface area (Å²) in [5.41, 5.74) is 15.7. The lowest BCUT2D eigenvalue weighted by Crippen LogP contribution is -2.04. The fourth-order valence-electron chi connectivity index (χ4n) is 3.81. The molecule has 1 aliphatic carbocycles. The highest BCUT2D eigenvalue weighted by Crippen LogP contribution is 2.44. The normalized spacial score (nSPS) is 15.6. The summed E-state index contributed by atoms with van der Waals surface area (Å²) in [5, 5.41) is 0.789. The van der Waals surface area contributed by atoms with Crippen molar-refractivity contribution >= 4 is 22.8 Å². The molecule has 0 radical (unpaired) electrons. The molecule has 1 aliphatic rings. The number of nitrogens with zero attached hydrogens (tertiary/aromatic N) is 3. The van der Waals surface area contributed by atoms with Crippen LogP contribution < -0.4 is 25.7 Å². The summed E-state index contributed by atoms with van der Waals surface area (Å²) in [6.07, 6.45) is 3.48. The van der Waals surface area contributed by atoms with E-state index >= 15 is 0 Å². The molecule has 27 heavy (non-hydrogen) atoms. The van der Waals surface area contributed by atoms with Crippen LogP contribution in [0.25, 0.3) is 11.0 Å². The second-order valence-corrected chi connectivity index (χ2v) is 6.49. The van der Waals surface area contributed by atoms with Crippen molar-refractivity contribution in [1.29, 1.82) is 0 Å². The van der Waals surface area contributed by atoms with E-state index in [-0.39, 0.29) is 11.9 Å². The molecule has 1 aromatic carbocycles. The Morgan fingerprint density at radius 2 is 1.67 bits per heavy atom. The van der Waals surface area contributed by atoms with Gasteiger partial charge < -0.3 is 25.7 Å². The van der Waals surface area contributed by atoms with Crippen LogP contribution in [-0.2, 0) is 12.8 Å². The molecule has 1 unspecified atom stereocenters. The third kappa shape index (κ3) is 2.73. The van der Waals surface area contributed by atoms with Gasteiger partial charge in [-0.25, -0.2) is 4.98 Å². The van der Waals surface area contributed by atoms with Gasteiger partial charge in [-0.3, -0.25) is 0 Å². The molecule has 0 saturated heterocycles. The molecule has 0 amide bonds. The van der Waals surface area contributed by atoms with Gasteiger partial charge >= 0.3 is 0 Å². The monoisotopic (exact) mass is 367 g/mol. The zero-order chi connectivity index (χ0) is 19.1. The number of fused-ring (bicyclic) bond motifs is 3. The van der Waals surface area contributed by atoms with Crippen molar-refractivity contribution in [3.8, 4) is 17.2 Å². The van der Waals surface area contributed by atoms with Crippen molar-refractivity contribution in [2.75, 3.05) is 32.8 Å². The first-order valence-corrected chi connectivity index (χ1v) is 8.55. The van der Waals surface area contributed by atoms with Crippen molar-refractivity contribution in [2.24, 2.45) is 0 Å². The molecule has 8 heteroatoms. The molecule has 1 atom stereocenters. The smallest absolute Gasteiger partial charge is 0.224 e. The number of ether oxygens (including phenoxy) is 3. The number of anilines is 2. The maximum Gasteiger partial charge on any atom is 0.224 e. The Morgan fingerprint density at radius 3 is 2.30 bits per heavy atom. The highest BCUT2D eigenvalue weighted by atomic mass is 16.5. The number of pyridine rings is 1. The zero-order valence-electron chi connectivity index (χ0n) is 15.4. The van der Waals surface area contributed by atoms with Crippen molar-refractivity contribution < 1.29 is 14.2 Å². The molecule has 0 fully saturated rings. The van der Waals surface area contributed by atoms with Crippen LogP contribution in [0.15, 0.2) is 18.3 Å². The van der Waals surface area contributed by atoms with Gasteiger partial charge in [-0.2, -0.15) is 9.97 Å². The molecule has 8 nitrogen and oxygen atoms in total. The Morgan fingerprint density at radius 1 is 0.963 bits per heavy atom. The first-order valence-electron chi connectivity index (χ1n) is 8.55. The predicted molar refractivity (Wildman–Crippen MR) is 102 cm³/mol. The Balaban J connectivity index is 1.78. The Bertz CT molecular complexity index is 1010. The Kier molecular flexibility index (Phi) is 4.10. The number of aromatic nitrogens is 3. The van der Waals surface area contributed by atoms with Crippen LogP contribution in [-0.4, -0.2) is 36.3 Å². The van der Waals surface area contributed by atoms with Crippen molar-refractivity contribution in [1.82, 2.24) is 15.0 Å². The second kappa shape index (κ2) is 6.46. The summed E-state index contributed by atoms with van der Waals surface area (Å²) in [4.78, 5) is 12.7. The standard InChI is InChI=1S/C19H21N5O3/c1-25-13-6-10(7-14(26-2)16(13)27-3)9-4-11-8-22-18-15(12(11)5-9)17(20)23-19(21)24-18/h6-9H,4-5H2,1-3H3,(H4,20,21,22,23,24). The molecular formula is C19H21N5O3. The average Bonchev–Trinajstić information content (AvgIpc) is 3.10. The van der Waals surface area contributed by atoms with E-state index < -0.39 is 0 Å². The number of methoxy groups -OCH3 is 3. The van der Waals surface area contributed by atoms with Crippen LogP contribution in [0.3, 0.4) is 0 Å². The summed E-state index contributed by atoms with van der Waals surface area (Å²) in [5.74, 6) is 2.60. The number of hydrogen-bond donors (Lipinski definition) is 2. The van der Waals surface area contributed by atoms with Gasteiger partial charge in [0.05, 0.1) is 26.7 Å². The maximum atomic E-state index is 6.12. The van der Waals surface area contributed by atoms with Gasteiger partial charge in [0, 0.05) is 6.20 Å². The molecule has 0 spiro atoms. The van der Waals surface area contributed by atoms with E-state index in [0.717, 1.165) is 34.9 Å². The number of hydrogen-bond acceptors (Lipinski definition) is 8. The summed E-state index contributed by atoms with van der Waals surface area (Å²) in [6.45, 7) is 0. The molecule has 0 saturated carbocycles. The molecule has 2 aromatic heterocycles. The molecule has 3 aromatic rings. The number of benzene rings is 1. The maximum absolute atomic E-state index is 6.12. The van der Waals surface area contributed by atoms with Crippen LogP contribution in [0.5, 0.6) is 17.2 Å². The topological polar surface area (TPSA) is 118 Å². The quantitative estimate of drug-likeness (QED) is 0.720. The van der Waals surface area contributed by atoms with Gasteiger partial charge in [0.15, 0.2) is 17.1 Å². The molecule has 0 aliphatic heterocycles. The summed E-state index contributed by atoms with van der Waals surface area (Å²) >= 11 is 0. The minimum Gasteiger partial charge on any atom is -0.493 e. The SMILES string of the molecule is COc1cc(C2Cc3cnc4nc(N)nc(N)c4c3C2)cc(OC)c1OC. The lowest BCUT2D eigenvalue weighted by Gasteiger charge is -2.17. The summed E-state index contributed by atoms with van der Waals surface area (Å²) < 4.78 is 16.4. The van der Waals surface area contributed by atoms with Crippen LogP contribution in [0.1, 0.15) is 22.6 Å². The number of rotatable bonds is 4. The molecular weight excluding hydrogens is 346 g/mol. The zero-order valence-corrected chi connectivity index (χ0v) is 15.4. The van der Waals surface area contributed by atoms with Gasteiger partial charge in [0.2, 0.25) is 11.7 Å². The van der Waals surface area contributed by atoms with Crippen LogP contribution >= 0.6 is 0 Å². The van der Waals surface area contributed by atoms with Crippen molar-refractivity contribution in [2.45, 2.75) is 18.8 Å². The largest absolute Gasteiger partial charge is 0.493 e. The molecule has 0 bridgehead atoms. The molecule has 140 valence electrons. The van der Waals surface area contributed by atoms with E-state index in [0.29, 0.717) is 28.7 Å². The molecule has 4 rings (SSSR count). The van der Waals surface area contributed by atoms with E-state index in [1.165, 1.54) is 0 Å². The third-order valence-electron chi connectivity index (χ3n) is 5.04. The van der Waals surface area contributed by atoms with Gasteiger partial charge in [-0.1, -0.05) is 0 Å². The first kappa shape index (κ1) is 17.1. The van der Waals surface area contributed by atoms with E-state index in [9.17, 15) is 0 Å². The minimum absolute atomic E-state index is 0.131. The fourth-order valence-corrected chi connectivity index (χ4v) is 3.81. The lowest BCUT2D eigenvalue weighted by atomic mass is 9.95. The second-order valence-electron chi connectivity index (χ2n) is 6.49. The van der Waals surface area contributed by atoms with Crippen molar-refractivity contribution in [3.05, 3.63) is 35.0 Å². The molecule has 2 heterocycles. The van der Waals surface area contributed by atoms with E-state index in [4.69, 9.17) is 25.7 Å². The van der Waals surface area contributed by atoms with Crippen LogP contribution in [0, 0.1) is 0 Å². The van der Waals surface area contributed by atoms with Gasteiger partial charge in [0.25, 0.3) is 0 Å². The Labute approximate surface area is 156 Å². The lowest BCUT2D eigenvalue weighted by molar-refractivity contribution is 0.323. The van der Waals surface area contributed by atoms with Gasteiger partial charge in [0.1, 0.15) is 5.82 Å². The summed E-state index contributed by atoms with van der Waals surface area (Å²) in [6, 6.07) is 3.98. The number of nitrogen functional groups attached to an aromatic ring is 2. The van der Waals surface area contributed by atoms with E-state index in [1.807, 2.05) is 18.3 Å². The Hall–Kier alpha value is -3.29. The highest BCUT2D eigenvalue weighted by Gasteiger charge is 2.28. The summed E-state index contributed by atoms with van der Waals surface area (Å²) in [7, 11) is 4.83. The van der Waals surface area contributed by atoms with Gasteiger partial charge in [-0.15, -0.1) is 0 Å². The third-order valence-corrected chi connectivity index (χ3v) is 5.04. The van der Waals surface area contributed by atoms with Crippen LogP contribution in [0.2, 0.25) is 0 Å². The highest BCUT2D eigenvalue weighted by molar-refractivity contribution is 5.90. The van der Waals surface area contributed by atoms with E-state index in [2.05, 4.69) is 15.0 Å². The average molecular weight is 367 g/mol. The number of nitrogens with two attached hydrogens (primary N) is 2. The first-order chi connectivity index (χ1) is 13.0. The molecule has 4 N–H and O–H groups in total. The fraction of sp³-hybridized carbons (Fsp3) is 0.316.